The van der Waals surface area contributed by atoms with E-state index in [9.17, 15) is 4.79 Å². The van der Waals surface area contributed by atoms with Crippen LogP contribution in [0.15, 0.2) is 5.38 Å². The average molecular weight is 273 g/mol. The zero-order valence-electron chi connectivity index (χ0n) is 10.7. The lowest BCUT2D eigenvalue weighted by Crippen LogP contribution is -2.11. The molecule has 0 fully saturated rings. The van der Waals surface area contributed by atoms with Crippen LogP contribution in [0.3, 0.4) is 0 Å². The van der Waals surface area contributed by atoms with Gasteiger partial charge in [-0.3, -0.25) is 4.79 Å². The van der Waals surface area contributed by atoms with Crippen LogP contribution in [-0.2, 0) is 16.0 Å². The maximum absolute atomic E-state index is 10.5. The first-order chi connectivity index (χ1) is 7.79. The Bertz CT molecular complexity index is 382. The summed E-state index contributed by atoms with van der Waals surface area (Å²) in [6.45, 7) is 8.38. The molecule has 1 atom stereocenters. The van der Waals surface area contributed by atoms with Crippen LogP contribution in [0.5, 0.6) is 0 Å². The van der Waals surface area contributed by atoms with E-state index in [2.05, 4.69) is 31.1 Å². The van der Waals surface area contributed by atoms with Crippen LogP contribution in [0.25, 0.3) is 0 Å². The van der Waals surface area contributed by atoms with E-state index >= 15 is 0 Å². The molecule has 96 valence electrons. The molecule has 0 aliphatic heterocycles. The lowest BCUT2D eigenvalue weighted by Gasteiger charge is -2.14. The Morgan fingerprint density at radius 2 is 2.24 bits per heavy atom. The molecule has 0 aliphatic rings. The average Bonchev–Trinajstić information content (AvgIpc) is 2.61. The van der Waals surface area contributed by atoms with Gasteiger partial charge in [0.05, 0.1) is 12.1 Å². The SMILES string of the molecule is CC(CC(=O)O)SCc1nc(C(C)(C)C)cs1. The Morgan fingerprint density at radius 3 is 2.71 bits per heavy atom. The van der Waals surface area contributed by atoms with Gasteiger partial charge >= 0.3 is 5.97 Å². The Balaban J connectivity index is 2.48. The third-order valence-corrected chi connectivity index (χ3v) is 4.48. The van der Waals surface area contributed by atoms with Crippen molar-refractivity contribution in [1.29, 1.82) is 0 Å². The van der Waals surface area contributed by atoms with Gasteiger partial charge in [0.25, 0.3) is 0 Å². The second kappa shape index (κ2) is 5.87. The number of nitrogens with zero attached hydrogens (tertiary/aromatic N) is 1. The topological polar surface area (TPSA) is 50.2 Å². The highest BCUT2D eigenvalue weighted by Gasteiger charge is 2.17. The number of carbonyl (C=O) groups is 1. The highest BCUT2D eigenvalue weighted by atomic mass is 32.2. The number of hydrogen-bond donors (Lipinski definition) is 1. The van der Waals surface area contributed by atoms with Crippen LogP contribution in [0.2, 0.25) is 0 Å². The maximum Gasteiger partial charge on any atom is 0.304 e. The van der Waals surface area contributed by atoms with Crippen molar-refractivity contribution in [2.45, 2.75) is 50.5 Å². The van der Waals surface area contributed by atoms with E-state index in [1.807, 2.05) is 6.92 Å². The highest BCUT2D eigenvalue weighted by Crippen LogP contribution is 2.27. The summed E-state index contributed by atoms with van der Waals surface area (Å²) in [5.74, 6) is 0.0642. The fraction of sp³-hybridized carbons (Fsp3) is 0.667. The van der Waals surface area contributed by atoms with Crippen molar-refractivity contribution in [2.24, 2.45) is 0 Å². The normalized spacial score (nSPS) is 13.6. The summed E-state index contributed by atoms with van der Waals surface area (Å²) in [6.07, 6.45) is 0.210. The van der Waals surface area contributed by atoms with Crippen molar-refractivity contribution in [2.75, 3.05) is 0 Å². The molecule has 3 nitrogen and oxygen atoms in total. The van der Waals surface area contributed by atoms with E-state index in [0.29, 0.717) is 0 Å². The predicted molar refractivity (Wildman–Crippen MR) is 73.8 cm³/mol. The molecule has 0 radical (unpaired) electrons. The van der Waals surface area contributed by atoms with E-state index in [1.165, 1.54) is 0 Å². The van der Waals surface area contributed by atoms with Gasteiger partial charge in [0.1, 0.15) is 5.01 Å². The molecule has 0 saturated carbocycles. The molecule has 0 saturated heterocycles. The molecule has 0 aliphatic carbocycles. The molecule has 0 aromatic carbocycles. The van der Waals surface area contributed by atoms with E-state index in [-0.39, 0.29) is 17.1 Å². The number of aromatic nitrogens is 1. The van der Waals surface area contributed by atoms with Crippen molar-refractivity contribution < 1.29 is 9.90 Å². The lowest BCUT2D eigenvalue weighted by atomic mass is 9.93. The van der Waals surface area contributed by atoms with Gasteiger partial charge in [-0.2, -0.15) is 11.8 Å². The zero-order valence-corrected chi connectivity index (χ0v) is 12.3. The van der Waals surface area contributed by atoms with E-state index < -0.39 is 5.97 Å². The second-order valence-electron chi connectivity index (χ2n) is 5.10. The third-order valence-electron chi connectivity index (χ3n) is 2.27. The monoisotopic (exact) mass is 273 g/mol. The van der Waals surface area contributed by atoms with E-state index in [1.54, 1.807) is 23.1 Å². The molecule has 1 rings (SSSR count). The number of carboxylic acid groups (broad SMARTS) is 1. The minimum absolute atomic E-state index is 0.0894. The molecule has 1 unspecified atom stereocenters. The van der Waals surface area contributed by atoms with Crippen LogP contribution >= 0.6 is 23.1 Å². The first-order valence-electron chi connectivity index (χ1n) is 5.57. The van der Waals surface area contributed by atoms with Crippen LogP contribution in [0.4, 0.5) is 0 Å². The molecule has 0 bridgehead atoms. The second-order valence-corrected chi connectivity index (χ2v) is 7.47. The van der Waals surface area contributed by atoms with Crippen molar-refractivity contribution >= 4 is 29.1 Å². The molecule has 1 aromatic rings. The quantitative estimate of drug-likeness (QED) is 0.891. The number of aliphatic carboxylic acids is 1. The number of carboxylic acids is 1. The summed E-state index contributed by atoms with van der Waals surface area (Å²) < 4.78 is 0. The van der Waals surface area contributed by atoms with Crippen molar-refractivity contribution in [3.63, 3.8) is 0 Å². The summed E-state index contributed by atoms with van der Waals surface area (Å²) in [5.41, 5.74) is 1.20. The smallest absolute Gasteiger partial charge is 0.304 e. The molecule has 5 heteroatoms. The standard InChI is InChI=1S/C12H19NO2S2/c1-8(5-11(14)15)16-7-10-13-9(6-17-10)12(2,3)4/h6,8H,5,7H2,1-4H3,(H,14,15). The van der Waals surface area contributed by atoms with Crippen molar-refractivity contribution in [1.82, 2.24) is 4.98 Å². The third kappa shape index (κ3) is 5.08. The van der Waals surface area contributed by atoms with Crippen LogP contribution in [0.1, 0.15) is 44.8 Å². The summed E-state index contributed by atoms with van der Waals surface area (Å²) in [6, 6.07) is 0. The van der Waals surface area contributed by atoms with Gasteiger partial charge in [0, 0.05) is 21.8 Å². The minimum atomic E-state index is -0.737. The highest BCUT2D eigenvalue weighted by molar-refractivity contribution is 7.99. The summed E-state index contributed by atoms with van der Waals surface area (Å²) in [7, 11) is 0. The molecule has 17 heavy (non-hydrogen) atoms. The van der Waals surface area contributed by atoms with Gasteiger partial charge in [-0.25, -0.2) is 4.98 Å². The van der Waals surface area contributed by atoms with Crippen LogP contribution in [-0.4, -0.2) is 21.3 Å². The molecule has 1 heterocycles. The molecule has 0 spiro atoms. The van der Waals surface area contributed by atoms with Crippen molar-refractivity contribution in [3.8, 4) is 0 Å². The molecular formula is C12H19NO2S2. The van der Waals surface area contributed by atoms with Gasteiger partial charge < -0.3 is 5.11 Å². The number of thioether (sulfide) groups is 1. The number of rotatable bonds is 5. The maximum atomic E-state index is 10.5. The van der Waals surface area contributed by atoms with E-state index in [0.717, 1.165) is 16.5 Å². The van der Waals surface area contributed by atoms with Crippen molar-refractivity contribution in [3.05, 3.63) is 16.1 Å². The van der Waals surface area contributed by atoms with Crippen LogP contribution < -0.4 is 0 Å². The predicted octanol–water partition coefficient (Wildman–Crippen LogP) is 3.54. The Kier molecular flexibility index (Phi) is 5.01. The summed E-state index contributed by atoms with van der Waals surface area (Å²) >= 11 is 3.31. The first-order valence-corrected chi connectivity index (χ1v) is 7.50. The van der Waals surface area contributed by atoms with Crippen LogP contribution in [0, 0.1) is 0 Å². The molecule has 0 amide bonds. The largest absolute Gasteiger partial charge is 0.481 e. The lowest BCUT2D eigenvalue weighted by molar-refractivity contribution is -0.136. The molecule has 1 N–H and O–H groups in total. The van der Waals surface area contributed by atoms with Gasteiger partial charge in [-0.1, -0.05) is 27.7 Å². The van der Waals surface area contributed by atoms with Gasteiger partial charge in [-0.15, -0.1) is 11.3 Å². The van der Waals surface area contributed by atoms with Gasteiger partial charge in [0.2, 0.25) is 0 Å². The number of thiazole rings is 1. The fourth-order valence-electron chi connectivity index (χ4n) is 1.24. The zero-order chi connectivity index (χ0) is 13.1. The van der Waals surface area contributed by atoms with E-state index in [4.69, 9.17) is 5.11 Å². The summed E-state index contributed by atoms with van der Waals surface area (Å²) in [4.78, 5) is 15.1. The Labute approximate surface area is 111 Å². The number of hydrogen-bond acceptors (Lipinski definition) is 4. The Hall–Kier alpha value is -0.550. The minimum Gasteiger partial charge on any atom is -0.481 e. The summed E-state index contributed by atoms with van der Waals surface area (Å²) in [5, 5.41) is 12.0. The van der Waals surface area contributed by atoms with Gasteiger partial charge in [0.15, 0.2) is 0 Å². The Morgan fingerprint density at radius 1 is 1.59 bits per heavy atom. The first kappa shape index (κ1) is 14.5. The molecular weight excluding hydrogens is 254 g/mol. The molecule has 1 aromatic heterocycles. The fourth-order valence-corrected chi connectivity index (χ4v) is 3.27. The van der Waals surface area contributed by atoms with Gasteiger partial charge in [-0.05, 0) is 0 Å².